The van der Waals surface area contributed by atoms with Gasteiger partial charge in [-0.15, -0.1) is 0 Å². The van der Waals surface area contributed by atoms with Gasteiger partial charge in [-0.25, -0.2) is 12.8 Å². The zero-order valence-electron chi connectivity index (χ0n) is 22.3. The van der Waals surface area contributed by atoms with Gasteiger partial charge in [-0.05, 0) is 70.0 Å². The van der Waals surface area contributed by atoms with E-state index in [4.69, 9.17) is 0 Å². The first-order chi connectivity index (χ1) is 17.8. The van der Waals surface area contributed by atoms with Gasteiger partial charge >= 0.3 is 0 Å². The normalized spacial score (nSPS) is 12.5. The average molecular weight is 540 g/mol. The van der Waals surface area contributed by atoms with Crippen molar-refractivity contribution in [2.45, 2.75) is 57.6 Å². The second-order valence-electron chi connectivity index (χ2n) is 10.1. The number of carbonyl (C=O) groups excluding carboxylic acids is 2. The Bertz CT molecular complexity index is 1390. The van der Waals surface area contributed by atoms with Crippen LogP contribution in [0.25, 0.3) is 0 Å². The Labute approximate surface area is 224 Å². The highest BCUT2D eigenvalue weighted by molar-refractivity contribution is 7.92. The van der Waals surface area contributed by atoms with Crippen LogP contribution in [0.1, 0.15) is 38.8 Å². The quantitative estimate of drug-likeness (QED) is 0.429. The van der Waals surface area contributed by atoms with E-state index in [2.05, 4.69) is 5.32 Å². The molecule has 0 fully saturated rings. The molecule has 0 heterocycles. The van der Waals surface area contributed by atoms with Crippen LogP contribution in [0.3, 0.4) is 0 Å². The van der Waals surface area contributed by atoms with Crippen molar-refractivity contribution in [3.63, 3.8) is 0 Å². The van der Waals surface area contributed by atoms with Crippen LogP contribution in [0.4, 0.5) is 10.1 Å². The number of carbonyl (C=O) groups is 2. The minimum atomic E-state index is -4.32. The fourth-order valence-corrected chi connectivity index (χ4v) is 5.36. The summed E-state index contributed by atoms with van der Waals surface area (Å²) in [7, 11) is -4.32. The number of benzene rings is 3. The van der Waals surface area contributed by atoms with E-state index in [0.717, 1.165) is 21.5 Å². The van der Waals surface area contributed by atoms with Crippen molar-refractivity contribution in [1.29, 1.82) is 0 Å². The standard InChI is InChI=1S/C29H34FN3O4S/c1-21-13-9-10-14-23(21)19-32(22(2)28(35)31-29(3,4)5)27(34)20-33(26-18-12-11-17-25(26)30)38(36,37)24-15-7-6-8-16-24/h6-18,22H,19-20H2,1-5H3,(H,31,35)/t22-/m0/s1. The molecule has 0 saturated heterocycles. The maximum absolute atomic E-state index is 14.9. The molecule has 0 aliphatic rings. The van der Waals surface area contributed by atoms with Gasteiger partial charge in [0.15, 0.2) is 0 Å². The SMILES string of the molecule is Cc1ccccc1CN(C(=O)CN(c1ccccc1F)S(=O)(=O)c1ccccc1)[C@@H](C)C(=O)NC(C)(C)C. The van der Waals surface area contributed by atoms with E-state index >= 15 is 0 Å². The molecule has 3 rings (SSSR count). The second kappa shape index (κ2) is 11.8. The van der Waals surface area contributed by atoms with Crippen LogP contribution in [0, 0.1) is 12.7 Å². The number of rotatable bonds is 9. The highest BCUT2D eigenvalue weighted by Crippen LogP contribution is 2.27. The van der Waals surface area contributed by atoms with Gasteiger partial charge in [0.25, 0.3) is 10.0 Å². The fourth-order valence-electron chi connectivity index (χ4n) is 3.91. The van der Waals surface area contributed by atoms with Gasteiger partial charge < -0.3 is 10.2 Å². The molecule has 2 amide bonds. The lowest BCUT2D eigenvalue weighted by Gasteiger charge is -2.33. The van der Waals surface area contributed by atoms with E-state index in [-0.39, 0.29) is 23.0 Å². The highest BCUT2D eigenvalue weighted by atomic mass is 32.2. The van der Waals surface area contributed by atoms with Crippen LogP contribution >= 0.6 is 0 Å². The molecule has 0 saturated carbocycles. The third-order valence-corrected chi connectivity index (χ3v) is 7.77. The van der Waals surface area contributed by atoms with Crippen LogP contribution in [0.2, 0.25) is 0 Å². The van der Waals surface area contributed by atoms with Crippen molar-refractivity contribution in [3.8, 4) is 0 Å². The summed E-state index contributed by atoms with van der Waals surface area (Å²) in [4.78, 5) is 28.2. The lowest BCUT2D eigenvalue weighted by Crippen LogP contribution is -2.54. The number of nitrogens with one attached hydrogen (secondary N) is 1. The summed E-state index contributed by atoms with van der Waals surface area (Å²) < 4.78 is 43.0. The van der Waals surface area contributed by atoms with Gasteiger partial charge in [0.1, 0.15) is 18.4 Å². The molecular formula is C29H34FN3O4S. The van der Waals surface area contributed by atoms with Crippen molar-refractivity contribution in [3.05, 3.63) is 95.8 Å². The summed E-state index contributed by atoms with van der Waals surface area (Å²) >= 11 is 0. The zero-order valence-corrected chi connectivity index (χ0v) is 23.1. The average Bonchev–Trinajstić information content (AvgIpc) is 2.86. The van der Waals surface area contributed by atoms with E-state index in [0.29, 0.717) is 0 Å². The molecule has 0 aliphatic carbocycles. The van der Waals surface area contributed by atoms with E-state index in [1.165, 1.54) is 35.2 Å². The van der Waals surface area contributed by atoms with E-state index < -0.39 is 39.9 Å². The summed E-state index contributed by atoms with van der Waals surface area (Å²) in [5, 5.41) is 2.88. The van der Waals surface area contributed by atoms with Gasteiger partial charge in [0, 0.05) is 12.1 Å². The third-order valence-electron chi connectivity index (χ3n) is 6.00. The summed E-state index contributed by atoms with van der Waals surface area (Å²) in [6.45, 7) is 8.35. The molecule has 9 heteroatoms. The lowest BCUT2D eigenvalue weighted by atomic mass is 10.1. The molecule has 1 atom stereocenters. The van der Waals surface area contributed by atoms with Crippen molar-refractivity contribution >= 4 is 27.5 Å². The van der Waals surface area contributed by atoms with Crippen molar-refractivity contribution < 1.29 is 22.4 Å². The Morgan fingerprint density at radius 3 is 2.11 bits per heavy atom. The number of para-hydroxylation sites is 1. The topological polar surface area (TPSA) is 86.8 Å². The van der Waals surface area contributed by atoms with Gasteiger partial charge in [0.2, 0.25) is 11.8 Å². The predicted octanol–water partition coefficient (Wildman–Crippen LogP) is 4.66. The summed E-state index contributed by atoms with van der Waals surface area (Å²) in [6.07, 6.45) is 0. The smallest absolute Gasteiger partial charge is 0.264 e. The minimum absolute atomic E-state index is 0.0702. The summed E-state index contributed by atoms with van der Waals surface area (Å²) in [5.74, 6) is -1.82. The zero-order chi connectivity index (χ0) is 28.1. The van der Waals surface area contributed by atoms with Crippen LogP contribution in [0.5, 0.6) is 0 Å². The first kappa shape index (κ1) is 28.8. The van der Waals surface area contributed by atoms with Crippen LogP contribution in [-0.2, 0) is 26.2 Å². The summed E-state index contributed by atoms with van der Waals surface area (Å²) in [5.41, 5.74) is 0.919. The van der Waals surface area contributed by atoms with Crippen molar-refractivity contribution in [2.24, 2.45) is 0 Å². The van der Waals surface area contributed by atoms with Gasteiger partial charge in [0.05, 0.1) is 10.6 Å². The Morgan fingerprint density at radius 1 is 0.921 bits per heavy atom. The maximum atomic E-state index is 14.9. The monoisotopic (exact) mass is 539 g/mol. The molecule has 0 aromatic heterocycles. The van der Waals surface area contributed by atoms with Gasteiger partial charge in [-0.3, -0.25) is 13.9 Å². The molecule has 7 nitrogen and oxygen atoms in total. The predicted molar refractivity (Wildman–Crippen MR) is 146 cm³/mol. The second-order valence-corrected chi connectivity index (χ2v) is 12.0. The maximum Gasteiger partial charge on any atom is 0.264 e. The molecule has 0 unspecified atom stereocenters. The van der Waals surface area contributed by atoms with Crippen LogP contribution < -0.4 is 9.62 Å². The van der Waals surface area contributed by atoms with Crippen LogP contribution in [-0.4, -0.2) is 43.3 Å². The first-order valence-electron chi connectivity index (χ1n) is 12.3. The number of halogens is 1. The number of amides is 2. The van der Waals surface area contributed by atoms with Gasteiger partial charge in [-0.2, -0.15) is 0 Å². The lowest BCUT2D eigenvalue weighted by molar-refractivity contribution is -0.140. The molecular weight excluding hydrogens is 505 g/mol. The Kier molecular flexibility index (Phi) is 8.93. The minimum Gasteiger partial charge on any atom is -0.350 e. The first-order valence-corrected chi connectivity index (χ1v) is 13.7. The van der Waals surface area contributed by atoms with Crippen molar-refractivity contribution in [1.82, 2.24) is 10.2 Å². The number of aryl methyl sites for hydroxylation is 1. The highest BCUT2D eigenvalue weighted by Gasteiger charge is 2.34. The molecule has 0 spiro atoms. The number of nitrogens with zero attached hydrogens (tertiary/aromatic N) is 2. The number of hydrogen-bond acceptors (Lipinski definition) is 4. The molecule has 0 aliphatic heterocycles. The largest absolute Gasteiger partial charge is 0.350 e. The fraction of sp³-hybridized carbons (Fsp3) is 0.310. The number of anilines is 1. The number of hydrogen-bond donors (Lipinski definition) is 1. The molecule has 3 aromatic carbocycles. The van der Waals surface area contributed by atoms with E-state index in [1.807, 2.05) is 52.0 Å². The van der Waals surface area contributed by atoms with E-state index in [1.54, 1.807) is 25.1 Å². The van der Waals surface area contributed by atoms with Gasteiger partial charge in [-0.1, -0.05) is 54.6 Å². The Hall–Kier alpha value is -3.72. The molecule has 38 heavy (non-hydrogen) atoms. The molecule has 3 aromatic rings. The van der Waals surface area contributed by atoms with Crippen molar-refractivity contribution in [2.75, 3.05) is 10.8 Å². The molecule has 202 valence electrons. The molecule has 0 radical (unpaired) electrons. The Morgan fingerprint density at radius 2 is 1.50 bits per heavy atom. The third kappa shape index (κ3) is 6.98. The number of sulfonamides is 1. The van der Waals surface area contributed by atoms with E-state index in [9.17, 15) is 22.4 Å². The molecule has 1 N–H and O–H groups in total. The van der Waals surface area contributed by atoms with Crippen LogP contribution in [0.15, 0.2) is 83.8 Å². The summed E-state index contributed by atoms with van der Waals surface area (Å²) in [6, 6.07) is 19.4. The Balaban J connectivity index is 2.05. The molecule has 0 bridgehead atoms.